The second kappa shape index (κ2) is 7.44. The van der Waals surface area contributed by atoms with E-state index >= 15 is 0 Å². The molecule has 0 spiro atoms. The third-order valence-corrected chi connectivity index (χ3v) is 5.69. The number of hydrogen-bond acceptors (Lipinski definition) is 6. The fraction of sp³-hybridized carbons (Fsp3) is 0.611. The summed E-state index contributed by atoms with van der Waals surface area (Å²) >= 11 is 1.60. The molecule has 1 fully saturated rings. The summed E-state index contributed by atoms with van der Waals surface area (Å²) in [6, 6.07) is 1.75. The average molecular weight is 378 g/mol. The smallest absolute Gasteiger partial charge is 0.284 e. The number of amides is 1. The van der Waals surface area contributed by atoms with E-state index in [1.807, 2.05) is 7.05 Å². The summed E-state index contributed by atoms with van der Waals surface area (Å²) in [4.78, 5) is 11.5. The van der Waals surface area contributed by atoms with Crippen molar-refractivity contribution >= 4 is 17.7 Å². The minimum Gasteiger partial charge on any atom is -0.455 e. The molecule has 2 aromatic heterocycles. The van der Waals surface area contributed by atoms with Crippen LogP contribution in [0.1, 0.15) is 67.2 Å². The van der Waals surface area contributed by atoms with Crippen LogP contribution in [0.3, 0.4) is 0 Å². The fourth-order valence-corrected chi connectivity index (χ4v) is 4.20. The Morgan fingerprint density at radius 3 is 2.85 bits per heavy atom. The Labute approximate surface area is 158 Å². The summed E-state index contributed by atoms with van der Waals surface area (Å²) in [6.07, 6.45) is 2.31. The maximum atomic E-state index is 11.5. The van der Waals surface area contributed by atoms with Gasteiger partial charge in [-0.1, -0.05) is 32.5 Å². The Balaban J connectivity index is 1.77. The minimum atomic E-state index is -0.544. The minimum absolute atomic E-state index is 0.206. The molecule has 8 heteroatoms. The van der Waals surface area contributed by atoms with Crippen LogP contribution in [0.25, 0.3) is 0 Å². The normalized spacial score (nSPS) is 18.2. The standard InChI is InChI=1S/C18H27N5O2S/c1-18(2,3)14-12(8-13(25-14)15(19)24)10-26-17-22-21-16(23(17)4)11-6-5-7-20-9-11/h8,11,20H,5-7,9-10H2,1-4H3,(H2,19,24)/t11-/m0/s1. The molecule has 3 N–H and O–H groups in total. The molecule has 0 unspecified atom stereocenters. The van der Waals surface area contributed by atoms with Gasteiger partial charge in [0.2, 0.25) is 0 Å². The Morgan fingerprint density at radius 1 is 1.46 bits per heavy atom. The number of aromatic nitrogens is 3. The quantitative estimate of drug-likeness (QED) is 0.777. The summed E-state index contributed by atoms with van der Waals surface area (Å²) in [5, 5.41) is 13.1. The van der Waals surface area contributed by atoms with Crippen molar-refractivity contribution in [2.24, 2.45) is 12.8 Å². The van der Waals surface area contributed by atoms with Crippen molar-refractivity contribution in [2.75, 3.05) is 13.1 Å². The molecule has 1 atom stereocenters. The van der Waals surface area contributed by atoms with Crippen molar-refractivity contribution in [3.05, 3.63) is 29.0 Å². The fourth-order valence-electron chi connectivity index (χ4n) is 3.31. The first-order chi connectivity index (χ1) is 12.3. The number of furan rings is 1. The zero-order valence-electron chi connectivity index (χ0n) is 15.8. The number of nitrogens with two attached hydrogens (primary N) is 1. The molecular weight excluding hydrogens is 350 g/mol. The lowest BCUT2D eigenvalue weighted by molar-refractivity contribution is 0.0970. The zero-order valence-corrected chi connectivity index (χ0v) is 16.7. The SMILES string of the molecule is Cn1c(SCc2cc(C(N)=O)oc2C(C)(C)C)nnc1[C@H]1CCCNC1. The molecule has 1 aliphatic heterocycles. The predicted molar refractivity (Wildman–Crippen MR) is 101 cm³/mol. The van der Waals surface area contributed by atoms with E-state index < -0.39 is 5.91 Å². The molecular formula is C18H27N5O2S. The van der Waals surface area contributed by atoms with Crippen molar-refractivity contribution in [2.45, 2.75) is 55.9 Å². The van der Waals surface area contributed by atoms with Gasteiger partial charge in [-0.3, -0.25) is 4.79 Å². The molecule has 7 nitrogen and oxygen atoms in total. The molecule has 2 aromatic rings. The lowest BCUT2D eigenvalue weighted by Gasteiger charge is -2.21. The second-order valence-electron chi connectivity index (χ2n) is 7.81. The van der Waals surface area contributed by atoms with Gasteiger partial charge in [-0.05, 0) is 25.5 Å². The molecule has 0 radical (unpaired) electrons. The molecule has 0 bridgehead atoms. The Morgan fingerprint density at radius 2 is 2.23 bits per heavy atom. The van der Waals surface area contributed by atoms with Gasteiger partial charge < -0.3 is 20.0 Å². The van der Waals surface area contributed by atoms with Crippen molar-refractivity contribution < 1.29 is 9.21 Å². The highest BCUT2D eigenvalue weighted by Crippen LogP contribution is 2.33. The van der Waals surface area contributed by atoms with Crippen LogP contribution >= 0.6 is 11.8 Å². The summed E-state index contributed by atoms with van der Waals surface area (Å²) in [6.45, 7) is 8.20. The lowest BCUT2D eigenvalue weighted by atomic mass is 9.91. The van der Waals surface area contributed by atoms with E-state index in [1.54, 1.807) is 17.8 Å². The number of hydrogen-bond donors (Lipinski definition) is 2. The van der Waals surface area contributed by atoms with Crippen molar-refractivity contribution in [1.29, 1.82) is 0 Å². The third kappa shape index (κ3) is 3.96. The number of carbonyl (C=O) groups excluding carboxylic acids is 1. The molecule has 0 aliphatic carbocycles. The van der Waals surface area contributed by atoms with E-state index in [9.17, 15) is 4.79 Å². The molecule has 26 heavy (non-hydrogen) atoms. The number of carbonyl (C=O) groups is 1. The van der Waals surface area contributed by atoms with Gasteiger partial charge in [0.1, 0.15) is 11.6 Å². The number of piperidine rings is 1. The maximum Gasteiger partial charge on any atom is 0.284 e. The van der Waals surface area contributed by atoms with Crippen molar-refractivity contribution in [1.82, 2.24) is 20.1 Å². The third-order valence-electron chi connectivity index (χ3n) is 4.62. The number of nitrogens with one attached hydrogen (secondary N) is 1. The first kappa shape index (κ1) is 19.0. The van der Waals surface area contributed by atoms with Gasteiger partial charge in [0.05, 0.1) is 0 Å². The van der Waals surface area contributed by atoms with Crippen LogP contribution in [-0.4, -0.2) is 33.8 Å². The van der Waals surface area contributed by atoms with Crippen LogP contribution in [0.5, 0.6) is 0 Å². The molecule has 1 amide bonds. The molecule has 0 aromatic carbocycles. The monoisotopic (exact) mass is 377 g/mol. The van der Waals surface area contributed by atoms with Gasteiger partial charge in [0, 0.05) is 36.2 Å². The highest BCUT2D eigenvalue weighted by molar-refractivity contribution is 7.98. The number of thioether (sulfide) groups is 1. The van der Waals surface area contributed by atoms with Gasteiger partial charge in [-0.25, -0.2) is 0 Å². The first-order valence-electron chi connectivity index (χ1n) is 8.93. The molecule has 3 heterocycles. The van der Waals surface area contributed by atoms with E-state index in [0.29, 0.717) is 11.7 Å². The van der Waals surface area contributed by atoms with Gasteiger partial charge >= 0.3 is 0 Å². The summed E-state index contributed by atoms with van der Waals surface area (Å²) in [7, 11) is 2.02. The van der Waals surface area contributed by atoms with Gasteiger partial charge in [-0.15, -0.1) is 10.2 Å². The topological polar surface area (TPSA) is 99.0 Å². The van der Waals surface area contributed by atoms with Crippen LogP contribution in [0, 0.1) is 0 Å². The summed E-state index contributed by atoms with van der Waals surface area (Å²) in [5.74, 6) is 2.54. The molecule has 1 saturated heterocycles. The van der Waals surface area contributed by atoms with E-state index in [0.717, 1.165) is 41.8 Å². The van der Waals surface area contributed by atoms with Crippen molar-refractivity contribution in [3.63, 3.8) is 0 Å². The van der Waals surface area contributed by atoms with Crippen LogP contribution in [0.4, 0.5) is 0 Å². The van der Waals surface area contributed by atoms with E-state index in [4.69, 9.17) is 10.2 Å². The summed E-state index contributed by atoms with van der Waals surface area (Å²) in [5.41, 5.74) is 6.15. The van der Waals surface area contributed by atoms with E-state index in [2.05, 4.69) is 40.9 Å². The highest BCUT2D eigenvalue weighted by Gasteiger charge is 2.26. The molecule has 142 valence electrons. The average Bonchev–Trinajstić information content (AvgIpc) is 3.17. The predicted octanol–water partition coefficient (Wildman–Crippen LogP) is 2.56. The van der Waals surface area contributed by atoms with Crippen LogP contribution in [0.2, 0.25) is 0 Å². The van der Waals surface area contributed by atoms with Gasteiger partial charge in [0.15, 0.2) is 10.9 Å². The molecule has 0 saturated carbocycles. The van der Waals surface area contributed by atoms with Crippen LogP contribution in [0.15, 0.2) is 15.6 Å². The van der Waals surface area contributed by atoms with E-state index in [1.165, 1.54) is 6.42 Å². The number of nitrogens with zero attached hydrogens (tertiary/aromatic N) is 3. The first-order valence-corrected chi connectivity index (χ1v) is 9.91. The summed E-state index contributed by atoms with van der Waals surface area (Å²) < 4.78 is 7.80. The second-order valence-corrected chi connectivity index (χ2v) is 8.75. The Bertz CT molecular complexity index is 784. The number of primary amides is 1. The highest BCUT2D eigenvalue weighted by atomic mass is 32.2. The number of rotatable bonds is 5. The van der Waals surface area contributed by atoms with Gasteiger partial charge in [-0.2, -0.15) is 0 Å². The van der Waals surface area contributed by atoms with E-state index in [-0.39, 0.29) is 11.2 Å². The van der Waals surface area contributed by atoms with Crippen LogP contribution < -0.4 is 11.1 Å². The van der Waals surface area contributed by atoms with Gasteiger partial charge in [0.25, 0.3) is 5.91 Å². The van der Waals surface area contributed by atoms with Crippen LogP contribution in [-0.2, 0) is 18.2 Å². The Kier molecular flexibility index (Phi) is 5.43. The molecule has 3 rings (SSSR count). The Hall–Kier alpha value is -1.80. The largest absolute Gasteiger partial charge is 0.455 e. The maximum absolute atomic E-state index is 11.5. The zero-order chi connectivity index (χ0) is 18.9. The molecule has 1 aliphatic rings. The van der Waals surface area contributed by atoms with Crippen molar-refractivity contribution in [3.8, 4) is 0 Å². The lowest BCUT2D eigenvalue weighted by Crippen LogP contribution is -2.29.